The number of halogens is 1. The first-order valence-corrected chi connectivity index (χ1v) is 9.49. The van der Waals surface area contributed by atoms with E-state index >= 15 is 0 Å². The summed E-state index contributed by atoms with van der Waals surface area (Å²) in [6, 6.07) is 20.2. The molecule has 2 amide bonds. The van der Waals surface area contributed by atoms with E-state index in [2.05, 4.69) is 0 Å². The molecule has 3 aromatic carbocycles. The Bertz CT molecular complexity index is 1120. The Morgan fingerprint density at radius 2 is 1.70 bits per heavy atom. The lowest BCUT2D eigenvalue weighted by Crippen LogP contribution is -2.30. The van der Waals surface area contributed by atoms with Crippen molar-refractivity contribution in [3.63, 3.8) is 0 Å². The average Bonchev–Trinajstić information content (AvgIpc) is 3.21. The van der Waals surface area contributed by atoms with Gasteiger partial charge in [-0.3, -0.25) is 14.8 Å². The number of hydroxylamine groups is 1. The minimum Gasteiger partial charge on any atom is -0.308 e. The third kappa shape index (κ3) is 3.86. The highest BCUT2D eigenvalue weighted by Gasteiger charge is 2.28. The molecule has 1 heterocycles. The van der Waals surface area contributed by atoms with Crippen LogP contribution in [0.2, 0.25) is 0 Å². The van der Waals surface area contributed by atoms with Crippen molar-refractivity contribution in [3.05, 3.63) is 101 Å². The van der Waals surface area contributed by atoms with Crippen LogP contribution in [0, 0.1) is 5.82 Å². The molecular formula is C24H19FN2O3. The Hall–Kier alpha value is -3.77. The van der Waals surface area contributed by atoms with Crippen LogP contribution in [0.25, 0.3) is 11.6 Å². The van der Waals surface area contributed by atoms with Crippen molar-refractivity contribution >= 4 is 29.2 Å². The van der Waals surface area contributed by atoms with Crippen LogP contribution in [-0.2, 0) is 11.2 Å². The van der Waals surface area contributed by atoms with Crippen molar-refractivity contribution in [1.82, 2.24) is 5.48 Å². The van der Waals surface area contributed by atoms with Gasteiger partial charge in [0.1, 0.15) is 5.82 Å². The zero-order valence-electron chi connectivity index (χ0n) is 16.0. The summed E-state index contributed by atoms with van der Waals surface area (Å²) in [6.45, 7) is 0.478. The highest BCUT2D eigenvalue weighted by Crippen LogP contribution is 2.32. The quantitative estimate of drug-likeness (QED) is 0.299. The van der Waals surface area contributed by atoms with Crippen LogP contribution in [-0.4, -0.2) is 23.6 Å². The molecule has 1 aliphatic rings. The number of fused-ring (bicyclic) bond motifs is 1. The fraction of sp³-hybridized carbons (Fsp3) is 0.0833. The van der Waals surface area contributed by atoms with Crippen LogP contribution in [0.3, 0.4) is 0 Å². The molecule has 0 aliphatic carbocycles. The van der Waals surface area contributed by atoms with Gasteiger partial charge in [0, 0.05) is 23.4 Å². The van der Waals surface area contributed by atoms with Crippen LogP contribution in [0.1, 0.15) is 27.0 Å². The molecule has 30 heavy (non-hydrogen) atoms. The second-order valence-electron chi connectivity index (χ2n) is 6.97. The Morgan fingerprint density at radius 1 is 0.967 bits per heavy atom. The summed E-state index contributed by atoms with van der Waals surface area (Å²) in [6.07, 6.45) is 2.40. The van der Waals surface area contributed by atoms with E-state index in [-0.39, 0.29) is 17.3 Å². The lowest BCUT2D eigenvalue weighted by Gasteiger charge is -2.20. The highest BCUT2D eigenvalue weighted by molar-refractivity contribution is 6.30. The molecule has 4 rings (SSSR count). The maximum Gasteiger partial charge on any atom is 0.274 e. The standard InChI is InChI=1S/C24H19FN2O3/c25-20-10-6-16(7-11-20)14-21(17-4-2-1-3-5-17)24(29)27-13-12-18-8-9-19(15-22(18)27)23(28)26-30/h1-11,14-15,30H,12-13H2,(H,26,28). The van der Waals surface area contributed by atoms with Crippen molar-refractivity contribution < 1.29 is 19.2 Å². The number of rotatable bonds is 4. The average molecular weight is 402 g/mol. The summed E-state index contributed by atoms with van der Waals surface area (Å²) in [5, 5.41) is 8.92. The Labute approximate surface area is 173 Å². The van der Waals surface area contributed by atoms with E-state index in [1.165, 1.54) is 12.1 Å². The first kappa shape index (κ1) is 19.5. The van der Waals surface area contributed by atoms with Gasteiger partial charge in [0.05, 0.1) is 0 Å². The van der Waals surface area contributed by atoms with Crippen LogP contribution in [0.15, 0.2) is 72.8 Å². The number of anilines is 1. The van der Waals surface area contributed by atoms with Crippen molar-refractivity contribution in [1.29, 1.82) is 0 Å². The maximum absolute atomic E-state index is 13.6. The van der Waals surface area contributed by atoms with E-state index < -0.39 is 5.91 Å². The third-order valence-electron chi connectivity index (χ3n) is 5.09. The van der Waals surface area contributed by atoms with Crippen LogP contribution in [0.5, 0.6) is 0 Å². The van der Waals surface area contributed by atoms with Gasteiger partial charge in [-0.2, -0.15) is 0 Å². The van der Waals surface area contributed by atoms with Gasteiger partial charge in [0.25, 0.3) is 11.8 Å². The molecular weight excluding hydrogens is 383 g/mol. The minimum absolute atomic E-state index is 0.217. The molecule has 0 bridgehead atoms. The molecule has 0 saturated carbocycles. The van der Waals surface area contributed by atoms with Crippen molar-refractivity contribution in [3.8, 4) is 0 Å². The summed E-state index contributed by atoms with van der Waals surface area (Å²) in [5.74, 6) is -1.20. The molecule has 0 aromatic heterocycles. The molecule has 6 heteroatoms. The lowest BCUT2D eigenvalue weighted by atomic mass is 10.0. The van der Waals surface area contributed by atoms with Gasteiger partial charge < -0.3 is 4.90 Å². The number of hydrogen-bond donors (Lipinski definition) is 2. The molecule has 5 nitrogen and oxygen atoms in total. The van der Waals surface area contributed by atoms with Gasteiger partial charge in [0.2, 0.25) is 0 Å². The summed E-state index contributed by atoms with van der Waals surface area (Å²) < 4.78 is 13.3. The van der Waals surface area contributed by atoms with Gasteiger partial charge in [-0.05, 0) is 53.5 Å². The van der Waals surface area contributed by atoms with E-state index in [4.69, 9.17) is 5.21 Å². The van der Waals surface area contributed by atoms with Crippen LogP contribution < -0.4 is 10.4 Å². The summed E-state index contributed by atoms with van der Waals surface area (Å²) >= 11 is 0. The van der Waals surface area contributed by atoms with Gasteiger partial charge in [-0.1, -0.05) is 48.5 Å². The lowest BCUT2D eigenvalue weighted by molar-refractivity contribution is -0.113. The Morgan fingerprint density at radius 3 is 2.40 bits per heavy atom. The van der Waals surface area contributed by atoms with Crippen LogP contribution in [0.4, 0.5) is 10.1 Å². The van der Waals surface area contributed by atoms with E-state index in [0.29, 0.717) is 29.8 Å². The summed E-state index contributed by atoms with van der Waals surface area (Å²) in [4.78, 5) is 27.0. The van der Waals surface area contributed by atoms with E-state index in [1.807, 2.05) is 30.3 Å². The van der Waals surface area contributed by atoms with Gasteiger partial charge >= 0.3 is 0 Å². The monoisotopic (exact) mass is 402 g/mol. The Balaban J connectivity index is 1.76. The second kappa shape index (κ2) is 8.31. The second-order valence-corrected chi connectivity index (χ2v) is 6.97. The van der Waals surface area contributed by atoms with Crippen molar-refractivity contribution in [2.75, 3.05) is 11.4 Å². The Kier molecular flexibility index (Phi) is 5.41. The molecule has 0 fully saturated rings. The number of benzene rings is 3. The van der Waals surface area contributed by atoms with Crippen molar-refractivity contribution in [2.24, 2.45) is 0 Å². The number of carbonyl (C=O) groups excluding carboxylic acids is 2. The smallest absolute Gasteiger partial charge is 0.274 e. The predicted molar refractivity (Wildman–Crippen MR) is 112 cm³/mol. The van der Waals surface area contributed by atoms with Crippen LogP contribution >= 0.6 is 0 Å². The molecule has 0 radical (unpaired) electrons. The summed E-state index contributed by atoms with van der Waals surface area (Å²) in [5.41, 5.74) is 5.38. The maximum atomic E-state index is 13.6. The van der Waals surface area contributed by atoms with E-state index in [9.17, 15) is 14.0 Å². The van der Waals surface area contributed by atoms with E-state index in [0.717, 1.165) is 11.1 Å². The van der Waals surface area contributed by atoms with Gasteiger partial charge in [-0.25, -0.2) is 9.87 Å². The minimum atomic E-state index is -0.637. The largest absolute Gasteiger partial charge is 0.308 e. The number of nitrogens with one attached hydrogen (secondary N) is 1. The fourth-order valence-electron chi connectivity index (χ4n) is 3.55. The zero-order chi connectivity index (χ0) is 21.1. The highest BCUT2D eigenvalue weighted by atomic mass is 19.1. The van der Waals surface area contributed by atoms with Crippen molar-refractivity contribution in [2.45, 2.75) is 6.42 Å². The molecule has 2 N–H and O–H groups in total. The molecule has 3 aromatic rings. The molecule has 0 saturated heterocycles. The normalized spacial score (nSPS) is 13.1. The fourth-order valence-corrected chi connectivity index (χ4v) is 3.55. The molecule has 0 atom stereocenters. The third-order valence-corrected chi connectivity index (χ3v) is 5.09. The predicted octanol–water partition coefficient (Wildman–Crippen LogP) is 4.07. The van der Waals surface area contributed by atoms with Gasteiger partial charge in [-0.15, -0.1) is 0 Å². The first-order valence-electron chi connectivity index (χ1n) is 9.49. The molecule has 150 valence electrons. The van der Waals surface area contributed by atoms with Gasteiger partial charge in [0.15, 0.2) is 0 Å². The molecule has 0 spiro atoms. The summed E-state index contributed by atoms with van der Waals surface area (Å²) in [7, 11) is 0. The zero-order valence-corrected chi connectivity index (χ0v) is 16.0. The number of nitrogens with zero attached hydrogens (tertiary/aromatic N) is 1. The number of hydrogen-bond acceptors (Lipinski definition) is 3. The number of carbonyl (C=O) groups is 2. The first-order chi connectivity index (χ1) is 14.6. The SMILES string of the molecule is O=C(NO)c1ccc2c(c1)N(C(=O)C(=Cc1ccc(F)cc1)c1ccccc1)CC2. The molecule has 1 aliphatic heterocycles. The van der Waals surface area contributed by atoms with E-state index in [1.54, 1.807) is 46.8 Å². The molecule has 0 unspecified atom stereocenters. The topological polar surface area (TPSA) is 69.6 Å². The number of amides is 2.